The number of aliphatic hydroxyl groups excluding tert-OH is 2. The Bertz CT molecular complexity index is 191. The van der Waals surface area contributed by atoms with Gasteiger partial charge in [0.25, 0.3) is 0 Å². The fourth-order valence-corrected chi connectivity index (χ4v) is 0.693. The average Bonchev–Trinajstić information content (AvgIpc) is 2.07. The SMILES string of the molecule is CCO.Cc1ccc(CO)cc1. The molecule has 0 bridgehead atoms. The van der Waals surface area contributed by atoms with E-state index in [0.717, 1.165) is 5.56 Å². The standard InChI is InChI=1S/C8H10O.C2H6O/c1-7-2-4-8(6-9)5-3-7;1-2-3/h2-5,9H,6H2,1H3;3H,2H2,1H3. The summed E-state index contributed by atoms with van der Waals surface area (Å²) in [6.07, 6.45) is 0. The lowest BCUT2D eigenvalue weighted by Gasteiger charge is -1.93. The van der Waals surface area contributed by atoms with Crippen LogP contribution < -0.4 is 0 Å². The summed E-state index contributed by atoms with van der Waals surface area (Å²) in [5.41, 5.74) is 2.20. The molecule has 0 fully saturated rings. The van der Waals surface area contributed by atoms with Crippen molar-refractivity contribution in [3.63, 3.8) is 0 Å². The molecule has 0 heterocycles. The molecule has 0 aliphatic heterocycles. The van der Waals surface area contributed by atoms with Crippen LogP contribution in [-0.2, 0) is 6.61 Å². The van der Waals surface area contributed by atoms with E-state index in [2.05, 4.69) is 0 Å². The van der Waals surface area contributed by atoms with Gasteiger partial charge in [-0.15, -0.1) is 0 Å². The van der Waals surface area contributed by atoms with Gasteiger partial charge in [-0.3, -0.25) is 0 Å². The van der Waals surface area contributed by atoms with E-state index in [-0.39, 0.29) is 13.2 Å². The molecule has 0 saturated heterocycles. The van der Waals surface area contributed by atoms with Crippen LogP contribution in [0.3, 0.4) is 0 Å². The first-order chi connectivity index (χ1) is 5.74. The molecule has 0 radical (unpaired) electrons. The lowest BCUT2D eigenvalue weighted by Crippen LogP contribution is -1.80. The molecular formula is C10H16O2. The van der Waals surface area contributed by atoms with Crippen LogP contribution in [0.2, 0.25) is 0 Å². The molecule has 0 unspecified atom stereocenters. The summed E-state index contributed by atoms with van der Waals surface area (Å²) < 4.78 is 0. The van der Waals surface area contributed by atoms with Crippen LogP contribution in [0.1, 0.15) is 18.1 Å². The molecule has 0 aromatic heterocycles. The molecule has 1 rings (SSSR count). The van der Waals surface area contributed by atoms with Gasteiger partial charge in [-0.1, -0.05) is 29.8 Å². The predicted octanol–water partition coefficient (Wildman–Crippen LogP) is 1.49. The van der Waals surface area contributed by atoms with Crippen molar-refractivity contribution in [2.75, 3.05) is 6.61 Å². The summed E-state index contributed by atoms with van der Waals surface area (Å²) in [7, 11) is 0. The van der Waals surface area contributed by atoms with E-state index in [4.69, 9.17) is 10.2 Å². The van der Waals surface area contributed by atoms with Crippen LogP contribution in [-0.4, -0.2) is 16.8 Å². The van der Waals surface area contributed by atoms with Crippen molar-refractivity contribution < 1.29 is 10.2 Å². The Kier molecular flexibility index (Phi) is 6.34. The number of hydrogen-bond acceptors (Lipinski definition) is 2. The first-order valence-corrected chi connectivity index (χ1v) is 4.01. The number of aryl methyl sites for hydroxylation is 1. The third-order valence-electron chi connectivity index (χ3n) is 1.30. The van der Waals surface area contributed by atoms with Crippen LogP contribution in [0.4, 0.5) is 0 Å². The fraction of sp³-hybridized carbons (Fsp3) is 0.400. The summed E-state index contributed by atoms with van der Waals surface area (Å²) in [6.45, 7) is 4.10. The maximum absolute atomic E-state index is 8.63. The molecule has 12 heavy (non-hydrogen) atoms. The van der Waals surface area contributed by atoms with Crippen molar-refractivity contribution in [3.8, 4) is 0 Å². The van der Waals surface area contributed by atoms with Crippen LogP contribution in [0.15, 0.2) is 24.3 Å². The first kappa shape index (κ1) is 11.1. The Morgan fingerprint density at radius 2 is 1.50 bits per heavy atom. The van der Waals surface area contributed by atoms with Crippen LogP contribution in [0.5, 0.6) is 0 Å². The van der Waals surface area contributed by atoms with Gasteiger partial charge in [-0.25, -0.2) is 0 Å². The highest BCUT2D eigenvalue weighted by atomic mass is 16.3. The molecule has 0 aliphatic rings. The van der Waals surface area contributed by atoms with Gasteiger partial charge < -0.3 is 10.2 Å². The Balaban J connectivity index is 0.000000354. The van der Waals surface area contributed by atoms with Gasteiger partial charge in [0.15, 0.2) is 0 Å². The maximum Gasteiger partial charge on any atom is 0.0681 e. The number of hydrogen-bond donors (Lipinski definition) is 2. The van der Waals surface area contributed by atoms with E-state index < -0.39 is 0 Å². The summed E-state index contributed by atoms with van der Waals surface area (Å²) >= 11 is 0. The summed E-state index contributed by atoms with van der Waals surface area (Å²) in [6, 6.07) is 7.84. The molecule has 0 aliphatic carbocycles. The molecule has 0 atom stereocenters. The third kappa shape index (κ3) is 4.88. The van der Waals surface area contributed by atoms with Crippen molar-refractivity contribution in [1.82, 2.24) is 0 Å². The van der Waals surface area contributed by atoms with E-state index >= 15 is 0 Å². The molecule has 1 aromatic rings. The van der Waals surface area contributed by atoms with Crippen LogP contribution in [0.25, 0.3) is 0 Å². The zero-order chi connectivity index (χ0) is 9.40. The maximum atomic E-state index is 8.63. The normalized spacial score (nSPS) is 8.67. The Hall–Kier alpha value is -0.860. The molecule has 2 N–H and O–H groups in total. The van der Waals surface area contributed by atoms with Gasteiger partial charge in [0.05, 0.1) is 6.61 Å². The van der Waals surface area contributed by atoms with Crippen molar-refractivity contribution in [3.05, 3.63) is 35.4 Å². The Labute approximate surface area is 73.5 Å². The van der Waals surface area contributed by atoms with E-state index in [1.165, 1.54) is 5.56 Å². The van der Waals surface area contributed by atoms with E-state index in [1.807, 2.05) is 31.2 Å². The van der Waals surface area contributed by atoms with Crippen LogP contribution >= 0.6 is 0 Å². The zero-order valence-electron chi connectivity index (χ0n) is 7.62. The highest BCUT2D eigenvalue weighted by molar-refractivity contribution is 5.20. The van der Waals surface area contributed by atoms with Gasteiger partial charge in [0.1, 0.15) is 0 Å². The quantitative estimate of drug-likeness (QED) is 0.667. The molecule has 1 aromatic carbocycles. The number of aliphatic hydroxyl groups is 2. The molecule has 2 nitrogen and oxygen atoms in total. The second kappa shape index (κ2) is 6.83. The Morgan fingerprint density at radius 1 is 1.08 bits per heavy atom. The predicted molar refractivity (Wildman–Crippen MR) is 49.9 cm³/mol. The monoisotopic (exact) mass is 168 g/mol. The highest BCUT2D eigenvalue weighted by Gasteiger charge is 1.85. The first-order valence-electron chi connectivity index (χ1n) is 4.01. The lowest BCUT2D eigenvalue weighted by molar-refractivity contribution is 0.282. The van der Waals surface area contributed by atoms with Crippen molar-refractivity contribution >= 4 is 0 Å². The van der Waals surface area contributed by atoms with Crippen molar-refractivity contribution in [1.29, 1.82) is 0 Å². The number of rotatable bonds is 1. The molecular weight excluding hydrogens is 152 g/mol. The second-order valence-corrected chi connectivity index (χ2v) is 2.46. The summed E-state index contributed by atoms with van der Waals surface area (Å²) in [5, 5.41) is 16.2. The van der Waals surface area contributed by atoms with Crippen molar-refractivity contribution in [2.24, 2.45) is 0 Å². The smallest absolute Gasteiger partial charge is 0.0681 e. The van der Waals surface area contributed by atoms with E-state index in [1.54, 1.807) is 6.92 Å². The van der Waals surface area contributed by atoms with E-state index in [0.29, 0.717) is 0 Å². The minimum atomic E-state index is 0.139. The second-order valence-electron chi connectivity index (χ2n) is 2.46. The molecule has 0 spiro atoms. The highest BCUT2D eigenvalue weighted by Crippen LogP contribution is 2.01. The van der Waals surface area contributed by atoms with Gasteiger partial charge in [0, 0.05) is 6.61 Å². The molecule has 68 valence electrons. The fourth-order valence-electron chi connectivity index (χ4n) is 0.693. The third-order valence-corrected chi connectivity index (χ3v) is 1.30. The minimum Gasteiger partial charge on any atom is -0.397 e. The summed E-state index contributed by atoms with van der Waals surface area (Å²) in [4.78, 5) is 0. The molecule has 0 saturated carbocycles. The minimum absolute atomic E-state index is 0.139. The van der Waals surface area contributed by atoms with Crippen LogP contribution in [0, 0.1) is 6.92 Å². The topological polar surface area (TPSA) is 40.5 Å². The Morgan fingerprint density at radius 3 is 1.83 bits per heavy atom. The summed E-state index contributed by atoms with van der Waals surface area (Å²) in [5.74, 6) is 0. The van der Waals surface area contributed by atoms with Gasteiger partial charge in [0.2, 0.25) is 0 Å². The average molecular weight is 168 g/mol. The van der Waals surface area contributed by atoms with E-state index in [9.17, 15) is 0 Å². The lowest BCUT2D eigenvalue weighted by atomic mass is 10.2. The largest absolute Gasteiger partial charge is 0.397 e. The molecule has 0 amide bonds. The van der Waals surface area contributed by atoms with Gasteiger partial charge in [-0.2, -0.15) is 0 Å². The number of benzene rings is 1. The van der Waals surface area contributed by atoms with Crippen molar-refractivity contribution in [2.45, 2.75) is 20.5 Å². The zero-order valence-corrected chi connectivity index (χ0v) is 7.62. The van der Waals surface area contributed by atoms with Gasteiger partial charge in [-0.05, 0) is 19.4 Å². The molecule has 2 heteroatoms. The van der Waals surface area contributed by atoms with Gasteiger partial charge >= 0.3 is 0 Å².